The van der Waals surface area contributed by atoms with Gasteiger partial charge in [0, 0.05) is 41.8 Å². The van der Waals surface area contributed by atoms with Gasteiger partial charge in [-0.1, -0.05) is 35.0 Å². The molecule has 0 bridgehead atoms. The Kier molecular flexibility index (Phi) is 6.34. The number of carbonyl (C=O) groups excluding carboxylic acids is 1. The molecule has 0 saturated heterocycles. The SMILES string of the molecule is COC(=O)c1ccc2c(c1)c(CCc1ccc(C)cc1)c(-c1cccnc1)n2CCc1nn[nH]n1. The van der Waals surface area contributed by atoms with Crippen LogP contribution in [0.5, 0.6) is 0 Å². The van der Waals surface area contributed by atoms with Crippen LogP contribution in [-0.4, -0.2) is 43.3 Å². The fraction of sp³-hybridized carbons (Fsp3) is 0.222. The number of esters is 1. The van der Waals surface area contributed by atoms with Crippen molar-refractivity contribution in [2.45, 2.75) is 32.7 Å². The molecule has 5 rings (SSSR count). The van der Waals surface area contributed by atoms with Gasteiger partial charge in [-0.3, -0.25) is 4.98 Å². The van der Waals surface area contributed by atoms with Gasteiger partial charge in [-0.15, -0.1) is 10.2 Å². The third kappa shape index (κ3) is 4.68. The van der Waals surface area contributed by atoms with Crippen LogP contribution in [0.2, 0.25) is 0 Å². The maximum atomic E-state index is 12.4. The minimum absolute atomic E-state index is 0.348. The molecule has 3 heterocycles. The number of aromatic nitrogens is 6. The predicted molar refractivity (Wildman–Crippen MR) is 133 cm³/mol. The molecule has 0 aliphatic carbocycles. The molecule has 5 aromatic rings. The van der Waals surface area contributed by atoms with Crippen molar-refractivity contribution >= 4 is 16.9 Å². The molecule has 0 atom stereocenters. The second-order valence-corrected chi connectivity index (χ2v) is 8.51. The van der Waals surface area contributed by atoms with E-state index in [1.165, 1.54) is 23.8 Å². The number of benzene rings is 2. The maximum Gasteiger partial charge on any atom is 0.337 e. The van der Waals surface area contributed by atoms with Crippen molar-refractivity contribution < 1.29 is 9.53 Å². The molecule has 1 N–H and O–H groups in total. The number of ether oxygens (including phenoxy) is 1. The smallest absolute Gasteiger partial charge is 0.337 e. The van der Waals surface area contributed by atoms with Crippen LogP contribution in [-0.2, 0) is 30.5 Å². The number of nitrogens with one attached hydrogen (secondary N) is 1. The van der Waals surface area contributed by atoms with Crippen molar-refractivity contribution in [1.29, 1.82) is 0 Å². The Morgan fingerprint density at radius 2 is 1.91 bits per heavy atom. The standard InChI is InChI=1S/C27H26N6O2/c1-18-5-7-19(8-6-18)9-11-22-23-16-20(27(34)35-2)10-12-24(23)33(15-13-25-29-31-32-30-25)26(22)21-4-3-14-28-17-21/h3-8,10,12,14,16-17H,9,11,13,15H2,1-2H3,(H,29,30,31,32). The Bertz CT molecular complexity index is 1440. The molecular weight excluding hydrogens is 440 g/mol. The maximum absolute atomic E-state index is 12.4. The van der Waals surface area contributed by atoms with Crippen molar-refractivity contribution in [3.05, 3.63) is 95.1 Å². The van der Waals surface area contributed by atoms with Crippen LogP contribution in [0.4, 0.5) is 0 Å². The van der Waals surface area contributed by atoms with E-state index in [9.17, 15) is 4.79 Å². The summed E-state index contributed by atoms with van der Waals surface area (Å²) in [6.07, 6.45) is 5.96. The highest BCUT2D eigenvalue weighted by atomic mass is 16.5. The number of aromatic amines is 1. The van der Waals surface area contributed by atoms with Gasteiger partial charge in [-0.25, -0.2) is 4.79 Å². The van der Waals surface area contributed by atoms with E-state index in [0.717, 1.165) is 35.0 Å². The van der Waals surface area contributed by atoms with Crippen LogP contribution in [0.3, 0.4) is 0 Å². The fourth-order valence-electron chi connectivity index (χ4n) is 4.51. The Morgan fingerprint density at radius 3 is 2.63 bits per heavy atom. The van der Waals surface area contributed by atoms with Crippen molar-refractivity contribution in [2.24, 2.45) is 0 Å². The predicted octanol–water partition coefficient (Wildman–Crippen LogP) is 4.34. The van der Waals surface area contributed by atoms with Crippen LogP contribution < -0.4 is 0 Å². The van der Waals surface area contributed by atoms with Crippen molar-refractivity contribution in [3.63, 3.8) is 0 Å². The number of hydrogen-bond acceptors (Lipinski definition) is 6. The van der Waals surface area contributed by atoms with Crippen LogP contribution in [0.25, 0.3) is 22.2 Å². The molecule has 0 saturated carbocycles. The van der Waals surface area contributed by atoms with Gasteiger partial charge in [0.15, 0.2) is 5.82 Å². The van der Waals surface area contributed by atoms with E-state index in [2.05, 4.69) is 67.4 Å². The quantitative estimate of drug-likeness (QED) is 0.342. The van der Waals surface area contributed by atoms with E-state index < -0.39 is 0 Å². The molecule has 2 aromatic carbocycles. The summed E-state index contributed by atoms with van der Waals surface area (Å²) in [6, 6.07) is 18.4. The number of methoxy groups -OCH3 is 1. The highest BCUT2D eigenvalue weighted by molar-refractivity contribution is 5.98. The largest absolute Gasteiger partial charge is 0.465 e. The average molecular weight is 467 g/mol. The zero-order chi connectivity index (χ0) is 24.2. The number of fused-ring (bicyclic) bond motifs is 1. The number of nitrogens with zero attached hydrogens (tertiary/aromatic N) is 5. The van der Waals surface area contributed by atoms with Gasteiger partial charge in [0.1, 0.15) is 0 Å². The molecule has 0 spiro atoms. The van der Waals surface area contributed by atoms with Gasteiger partial charge in [-0.2, -0.15) is 5.21 Å². The number of rotatable bonds is 8. The molecule has 0 fully saturated rings. The third-order valence-corrected chi connectivity index (χ3v) is 6.26. The summed E-state index contributed by atoms with van der Waals surface area (Å²) in [4.78, 5) is 16.7. The molecule has 8 heteroatoms. The monoisotopic (exact) mass is 466 g/mol. The zero-order valence-electron chi connectivity index (χ0n) is 19.7. The van der Waals surface area contributed by atoms with Crippen LogP contribution in [0.15, 0.2) is 67.0 Å². The number of pyridine rings is 1. The first-order valence-corrected chi connectivity index (χ1v) is 11.6. The highest BCUT2D eigenvalue weighted by Crippen LogP contribution is 2.35. The second kappa shape index (κ2) is 9.89. The second-order valence-electron chi connectivity index (χ2n) is 8.51. The molecule has 0 aliphatic rings. The number of hydrogen-bond donors (Lipinski definition) is 1. The van der Waals surface area contributed by atoms with Gasteiger partial charge in [-0.05, 0) is 61.2 Å². The molecule has 8 nitrogen and oxygen atoms in total. The molecule has 0 aliphatic heterocycles. The van der Waals surface area contributed by atoms with E-state index in [1.807, 2.05) is 30.5 Å². The summed E-state index contributed by atoms with van der Waals surface area (Å²) in [5, 5.41) is 15.5. The Morgan fingerprint density at radius 1 is 1.06 bits per heavy atom. The first-order valence-electron chi connectivity index (χ1n) is 11.6. The molecule has 35 heavy (non-hydrogen) atoms. The lowest BCUT2D eigenvalue weighted by atomic mass is 9.98. The van der Waals surface area contributed by atoms with Gasteiger partial charge in [0.2, 0.25) is 0 Å². The van der Waals surface area contributed by atoms with Gasteiger partial charge < -0.3 is 9.30 Å². The van der Waals surface area contributed by atoms with Crippen LogP contribution >= 0.6 is 0 Å². The molecule has 0 unspecified atom stereocenters. The third-order valence-electron chi connectivity index (χ3n) is 6.26. The normalized spacial score (nSPS) is 11.1. The van der Waals surface area contributed by atoms with Crippen LogP contribution in [0.1, 0.15) is 32.9 Å². The summed E-state index contributed by atoms with van der Waals surface area (Å²) in [5.74, 6) is 0.301. The lowest BCUT2D eigenvalue weighted by Gasteiger charge is -2.12. The zero-order valence-corrected chi connectivity index (χ0v) is 19.7. The lowest BCUT2D eigenvalue weighted by molar-refractivity contribution is 0.0601. The number of aryl methyl sites for hydroxylation is 5. The lowest BCUT2D eigenvalue weighted by Crippen LogP contribution is -2.06. The minimum atomic E-state index is -0.348. The van der Waals surface area contributed by atoms with Gasteiger partial charge in [0.05, 0.1) is 18.4 Å². The minimum Gasteiger partial charge on any atom is -0.465 e. The Labute approximate surface area is 203 Å². The number of carbonyl (C=O) groups is 1. The van der Waals surface area contributed by atoms with Crippen molar-refractivity contribution in [3.8, 4) is 11.3 Å². The van der Waals surface area contributed by atoms with Gasteiger partial charge >= 0.3 is 5.97 Å². The molecule has 3 aromatic heterocycles. The molecule has 176 valence electrons. The first-order chi connectivity index (χ1) is 17.1. The highest BCUT2D eigenvalue weighted by Gasteiger charge is 2.21. The summed E-state index contributed by atoms with van der Waals surface area (Å²) in [7, 11) is 1.40. The topological polar surface area (TPSA) is 98.6 Å². The van der Waals surface area contributed by atoms with Crippen LogP contribution in [0, 0.1) is 6.92 Å². The van der Waals surface area contributed by atoms with Crippen molar-refractivity contribution in [2.75, 3.05) is 7.11 Å². The van der Waals surface area contributed by atoms with Gasteiger partial charge in [0.25, 0.3) is 0 Å². The summed E-state index contributed by atoms with van der Waals surface area (Å²) in [5.41, 5.74) is 7.37. The number of H-pyrrole nitrogens is 1. The summed E-state index contributed by atoms with van der Waals surface area (Å²) >= 11 is 0. The summed E-state index contributed by atoms with van der Waals surface area (Å²) < 4.78 is 7.27. The molecule has 0 amide bonds. The Balaban J connectivity index is 1.66. The van der Waals surface area contributed by atoms with E-state index in [0.29, 0.717) is 24.4 Å². The molecule has 0 radical (unpaired) electrons. The van der Waals surface area contributed by atoms with E-state index in [4.69, 9.17) is 4.74 Å². The van der Waals surface area contributed by atoms with E-state index >= 15 is 0 Å². The Hall–Kier alpha value is -4.33. The van der Waals surface area contributed by atoms with E-state index in [-0.39, 0.29) is 5.97 Å². The first kappa shape index (κ1) is 22.5. The van der Waals surface area contributed by atoms with Crippen molar-refractivity contribution in [1.82, 2.24) is 30.2 Å². The fourth-order valence-corrected chi connectivity index (χ4v) is 4.51. The molecular formula is C27H26N6O2. The summed E-state index contributed by atoms with van der Waals surface area (Å²) in [6.45, 7) is 2.75. The van der Waals surface area contributed by atoms with E-state index in [1.54, 1.807) is 6.20 Å². The number of tetrazole rings is 1. The average Bonchev–Trinajstić information content (AvgIpc) is 3.52.